The zero-order valence-electron chi connectivity index (χ0n) is 13.0. The Morgan fingerprint density at radius 3 is 2.25 bits per heavy atom. The molecule has 0 saturated heterocycles. The van der Waals surface area contributed by atoms with E-state index in [2.05, 4.69) is 0 Å². The second-order valence-corrected chi connectivity index (χ2v) is 6.68. The monoisotopic (exact) mass is 278 g/mol. The van der Waals surface area contributed by atoms with Gasteiger partial charge in [0.2, 0.25) is 0 Å². The maximum Gasteiger partial charge on any atom is 0.159 e. The minimum absolute atomic E-state index is 0.278. The highest BCUT2D eigenvalue weighted by Crippen LogP contribution is 2.30. The Bertz CT molecular complexity index is 320. The molecule has 0 bridgehead atoms. The van der Waals surface area contributed by atoms with Crippen LogP contribution in [0.2, 0.25) is 0 Å². The lowest BCUT2D eigenvalue weighted by molar-refractivity contribution is -0.115. The van der Waals surface area contributed by atoms with Gasteiger partial charge in [0.25, 0.3) is 0 Å². The van der Waals surface area contributed by atoms with Gasteiger partial charge in [-0.25, -0.2) is 0 Å². The summed E-state index contributed by atoms with van der Waals surface area (Å²) in [4.78, 5) is 12.1. The number of ketones is 1. The molecular weight excluding hydrogens is 248 g/mol. The van der Waals surface area contributed by atoms with Gasteiger partial charge in [0, 0.05) is 18.9 Å². The van der Waals surface area contributed by atoms with Crippen molar-refractivity contribution in [3.05, 3.63) is 11.8 Å². The molecule has 2 aliphatic carbocycles. The first kappa shape index (κ1) is 15.6. The summed E-state index contributed by atoms with van der Waals surface area (Å²) in [5.41, 5.74) is 0. The van der Waals surface area contributed by atoms with Crippen molar-refractivity contribution in [2.24, 2.45) is 11.8 Å². The number of allylic oxidation sites excluding steroid dienone is 2. The Kier molecular flexibility index (Phi) is 6.62. The molecular formula is C18H30O2. The molecule has 0 aliphatic heterocycles. The minimum Gasteiger partial charge on any atom is -0.501 e. The van der Waals surface area contributed by atoms with E-state index in [1.54, 1.807) is 13.2 Å². The van der Waals surface area contributed by atoms with Crippen LogP contribution in [0.15, 0.2) is 11.8 Å². The fourth-order valence-electron chi connectivity index (χ4n) is 3.79. The second kappa shape index (κ2) is 8.49. The molecule has 0 aromatic rings. The van der Waals surface area contributed by atoms with Crippen LogP contribution in [-0.4, -0.2) is 12.9 Å². The molecule has 0 heterocycles. The van der Waals surface area contributed by atoms with Crippen LogP contribution in [0, 0.1) is 11.8 Å². The van der Waals surface area contributed by atoms with E-state index in [-0.39, 0.29) is 5.78 Å². The number of rotatable bonds is 7. The van der Waals surface area contributed by atoms with Crippen LogP contribution in [-0.2, 0) is 9.53 Å². The van der Waals surface area contributed by atoms with Crippen LogP contribution < -0.4 is 0 Å². The normalized spacial score (nSPS) is 22.1. The van der Waals surface area contributed by atoms with Crippen LogP contribution in [0.1, 0.15) is 77.0 Å². The van der Waals surface area contributed by atoms with Gasteiger partial charge < -0.3 is 4.74 Å². The van der Waals surface area contributed by atoms with E-state index in [1.807, 2.05) is 0 Å². The molecule has 0 aromatic heterocycles. The Labute approximate surface area is 124 Å². The van der Waals surface area contributed by atoms with Crippen molar-refractivity contribution in [1.82, 2.24) is 0 Å². The largest absolute Gasteiger partial charge is 0.501 e. The molecule has 2 fully saturated rings. The van der Waals surface area contributed by atoms with Crippen LogP contribution in [0.3, 0.4) is 0 Å². The van der Waals surface area contributed by atoms with E-state index < -0.39 is 0 Å². The van der Waals surface area contributed by atoms with Crippen LogP contribution in [0.4, 0.5) is 0 Å². The van der Waals surface area contributed by atoms with Crippen LogP contribution in [0.5, 0.6) is 0 Å². The van der Waals surface area contributed by atoms with Gasteiger partial charge in [-0.15, -0.1) is 0 Å². The third-order valence-electron chi connectivity index (χ3n) is 5.07. The van der Waals surface area contributed by atoms with Gasteiger partial charge >= 0.3 is 0 Å². The molecule has 0 atom stereocenters. The number of carbonyl (C=O) groups is 1. The van der Waals surface area contributed by atoms with Gasteiger partial charge in [-0.05, 0) is 18.3 Å². The van der Waals surface area contributed by atoms with E-state index in [1.165, 1.54) is 64.2 Å². The Morgan fingerprint density at radius 2 is 1.60 bits per heavy atom. The number of ether oxygens (including phenoxy) is 1. The van der Waals surface area contributed by atoms with E-state index in [4.69, 9.17) is 4.74 Å². The zero-order chi connectivity index (χ0) is 14.2. The highest BCUT2D eigenvalue weighted by Gasteiger charge is 2.18. The first-order valence-electron chi connectivity index (χ1n) is 8.55. The highest BCUT2D eigenvalue weighted by molar-refractivity contribution is 5.90. The van der Waals surface area contributed by atoms with Crippen molar-refractivity contribution in [1.29, 1.82) is 0 Å². The summed E-state index contributed by atoms with van der Waals surface area (Å²) in [6.07, 6.45) is 16.6. The van der Waals surface area contributed by atoms with E-state index >= 15 is 0 Å². The number of hydrogen-bond donors (Lipinski definition) is 0. The van der Waals surface area contributed by atoms with Crippen molar-refractivity contribution in [2.75, 3.05) is 7.11 Å². The molecule has 20 heavy (non-hydrogen) atoms. The smallest absolute Gasteiger partial charge is 0.159 e. The average Bonchev–Trinajstić information content (AvgIpc) is 2.97. The Morgan fingerprint density at radius 1 is 1.00 bits per heavy atom. The summed E-state index contributed by atoms with van der Waals surface area (Å²) in [6.45, 7) is 0. The average molecular weight is 278 g/mol. The van der Waals surface area contributed by atoms with Crippen molar-refractivity contribution in [3.8, 4) is 0 Å². The summed E-state index contributed by atoms with van der Waals surface area (Å²) in [5.74, 6) is 2.67. The van der Waals surface area contributed by atoms with E-state index in [9.17, 15) is 4.79 Å². The second-order valence-electron chi connectivity index (χ2n) is 6.68. The lowest BCUT2D eigenvalue weighted by Gasteiger charge is -2.20. The van der Waals surface area contributed by atoms with Crippen LogP contribution in [0.25, 0.3) is 0 Å². The lowest BCUT2D eigenvalue weighted by Crippen LogP contribution is -2.11. The molecule has 2 saturated carbocycles. The number of carbonyl (C=O) groups excluding carboxylic acids is 1. The standard InChI is InChI=1S/C18H30O2/c1-20-18(12-11-15-7-5-6-8-15)14-17(19)13-16-9-3-2-4-10-16/h14-16H,2-13H2,1H3/b18-14-. The molecule has 0 amide bonds. The van der Waals surface area contributed by atoms with Crippen molar-refractivity contribution < 1.29 is 9.53 Å². The third-order valence-corrected chi connectivity index (χ3v) is 5.07. The number of hydrogen-bond acceptors (Lipinski definition) is 2. The molecule has 2 aliphatic rings. The molecule has 2 rings (SSSR count). The molecule has 114 valence electrons. The van der Waals surface area contributed by atoms with E-state index in [0.29, 0.717) is 5.92 Å². The molecule has 0 spiro atoms. The highest BCUT2D eigenvalue weighted by atomic mass is 16.5. The molecule has 0 N–H and O–H groups in total. The molecule has 0 unspecified atom stereocenters. The molecule has 0 radical (unpaired) electrons. The summed E-state index contributed by atoms with van der Waals surface area (Å²) < 4.78 is 5.41. The maximum absolute atomic E-state index is 12.1. The van der Waals surface area contributed by atoms with Crippen molar-refractivity contribution in [3.63, 3.8) is 0 Å². The summed E-state index contributed by atoms with van der Waals surface area (Å²) >= 11 is 0. The maximum atomic E-state index is 12.1. The summed E-state index contributed by atoms with van der Waals surface area (Å²) in [6, 6.07) is 0. The van der Waals surface area contributed by atoms with E-state index in [0.717, 1.165) is 24.5 Å². The minimum atomic E-state index is 0.278. The van der Waals surface area contributed by atoms with Gasteiger partial charge in [0.05, 0.1) is 12.9 Å². The lowest BCUT2D eigenvalue weighted by atomic mass is 9.85. The van der Waals surface area contributed by atoms with Crippen molar-refractivity contribution >= 4 is 5.78 Å². The predicted octanol–water partition coefficient (Wildman–Crippen LogP) is 5.03. The zero-order valence-corrected chi connectivity index (χ0v) is 13.0. The van der Waals surface area contributed by atoms with Gasteiger partial charge in [-0.1, -0.05) is 57.8 Å². The summed E-state index contributed by atoms with van der Waals surface area (Å²) in [7, 11) is 1.70. The first-order valence-corrected chi connectivity index (χ1v) is 8.55. The third kappa shape index (κ3) is 5.30. The number of methoxy groups -OCH3 is 1. The van der Waals surface area contributed by atoms with Gasteiger partial charge in [0.15, 0.2) is 5.78 Å². The van der Waals surface area contributed by atoms with Gasteiger partial charge in [-0.2, -0.15) is 0 Å². The van der Waals surface area contributed by atoms with Crippen molar-refractivity contribution in [2.45, 2.75) is 77.0 Å². The summed E-state index contributed by atoms with van der Waals surface area (Å²) in [5, 5.41) is 0. The Hall–Kier alpha value is -0.790. The first-order chi connectivity index (χ1) is 9.78. The molecule has 0 aromatic carbocycles. The van der Waals surface area contributed by atoms with Crippen LogP contribution >= 0.6 is 0 Å². The SMILES string of the molecule is CO/C(=C\C(=O)CC1CCCCC1)CCC1CCCC1. The fourth-order valence-corrected chi connectivity index (χ4v) is 3.79. The fraction of sp³-hybridized carbons (Fsp3) is 0.833. The topological polar surface area (TPSA) is 26.3 Å². The van der Waals surface area contributed by atoms with Gasteiger partial charge in [0.1, 0.15) is 0 Å². The van der Waals surface area contributed by atoms with Gasteiger partial charge in [-0.3, -0.25) is 4.79 Å². The Balaban J connectivity index is 1.74. The molecule has 2 nitrogen and oxygen atoms in total. The quantitative estimate of drug-likeness (QED) is 0.482. The predicted molar refractivity (Wildman–Crippen MR) is 82.5 cm³/mol. The molecule has 2 heteroatoms.